The van der Waals surface area contributed by atoms with Crippen LogP contribution in [0.1, 0.15) is 26.6 Å². The van der Waals surface area contributed by atoms with Crippen LogP contribution >= 0.6 is 0 Å². The number of aromatic nitrogens is 4. The molecule has 0 N–H and O–H groups in total. The van der Waals surface area contributed by atoms with Crippen LogP contribution in [0.3, 0.4) is 0 Å². The predicted molar refractivity (Wildman–Crippen MR) is 66.3 cm³/mol. The summed E-state index contributed by atoms with van der Waals surface area (Å²) < 4.78 is 3.90. The van der Waals surface area contributed by atoms with Gasteiger partial charge >= 0.3 is 0 Å². The van der Waals surface area contributed by atoms with Crippen molar-refractivity contribution in [3.05, 3.63) is 30.2 Å². The van der Waals surface area contributed by atoms with Crippen molar-refractivity contribution in [1.29, 1.82) is 0 Å². The summed E-state index contributed by atoms with van der Waals surface area (Å²) in [6.07, 6.45) is 2.01. The van der Waals surface area contributed by atoms with E-state index in [1.54, 1.807) is 0 Å². The molecule has 0 saturated heterocycles. The largest absolute Gasteiger partial charge is 0.249 e. The molecule has 0 unspecified atom stereocenters. The molecule has 4 heteroatoms. The molecule has 0 radical (unpaired) electrons. The van der Waals surface area contributed by atoms with Crippen molar-refractivity contribution in [1.82, 2.24) is 14.8 Å². The van der Waals surface area contributed by atoms with Crippen LogP contribution in [0.4, 0.5) is 0 Å². The highest BCUT2D eigenvalue weighted by molar-refractivity contribution is 5.45. The average Bonchev–Trinajstić information content (AvgIpc) is 2.61. The van der Waals surface area contributed by atoms with E-state index in [1.165, 1.54) is 0 Å². The number of nitrogens with zero attached hydrogens (tertiary/aromatic N) is 4. The number of rotatable bonds is 1. The van der Waals surface area contributed by atoms with E-state index in [2.05, 4.69) is 41.5 Å². The second-order valence-corrected chi connectivity index (χ2v) is 5.33. The maximum atomic E-state index is 4.64. The molecule has 0 bridgehead atoms. The van der Waals surface area contributed by atoms with Gasteiger partial charge in [0, 0.05) is 24.6 Å². The van der Waals surface area contributed by atoms with Crippen LogP contribution in [0.25, 0.3) is 11.5 Å². The molecule has 0 aromatic carbocycles. The molecule has 0 saturated carbocycles. The number of hydrogen-bond acceptors (Lipinski definition) is 2. The fourth-order valence-corrected chi connectivity index (χ4v) is 1.68. The first-order chi connectivity index (χ1) is 7.89. The van der Waals surface area contributed by atoms with Gasteiger partial charge in [-0.2, -0.15) is 9.67 Å². The van der Waals surface area contributed by atoms with Gasteiger partial charge in [-0.15, -0.1) is 0 Å². The smallest absolute Gasteiger partial charge is 0.244 e. The van der Waals surface area contributed by atoms with Crippen molar-refractivity contribution < 1.29 is 4.57 Å². The molecule has 0 aliphatic carbocycles. The highest BCUT2D eigenvalue weighted by Crippen LogP contribution is 2.21. The highest BCUT2D eigenvalue weighted by Gasteiger charge is 2.24. The minimum atomic E-state index is -0.0244. The average molecular weight is 231 g/mol. The summed E-state index contributed by atoms with van der Waals surface area (Å²) in [5.74, 6) is 1.77. The molecule has 2 rings (SSSR count). The molecular weight excluding hydrogens is 212 g/mol. The Bertz CT molecular complexity index is 535. The van der Waals surface area contributed by atoms with Crippen molar-refractivity contribution >= 4 is 0 Å². The van der Waals surface area contributed by atoms with Crippen LogP contribution in [0.5, 0.6) is 0 Å². The molecule has 4 nitrogen and oxygen atoms in total. The first-order valence-electron chi connectivity index (χ1n) is 5.76. The Kier molecular flexibility index (Phi) is 2.73. The summed E-state index contributed by atoms with van der Waals surface area (Å²) >= 11 is 0. The fraction of sp³-hybridized carbons (Fsp3) is 0.462. The quantitative estimate of drug-likeness (QED) is 0.699. The van der Waals surface area contributed by atoms with Gasteiger partial charge in [0.1, 0.15) is 7.05 Å². The molecule has 0 aliphatic heterocycles. The minimum Gasteiger partial charge on any atom is -0.244 e. The van der Waals surface area contributed by atoms with Gasteiger partial charge in [-0.3, -0.25) is 0 Å². The first-order valence-corrected chi connectivity index (χ1v) is 5.76. The Hall–Kier alpha value is -1.71. The van der Waals surface area contributed by atoms with Crippen LogP contribution in [0, 0.1) is 0 Å². The fourth-order valence-electron chi connectivity index (χ4n) is 1.68. The molecule has 0 spiro atoms. The topological polar surface area (TPSA) is 34.6 Å². The van der Waals surface area contributed by atoms with Crippen LogP contribution in [0.2, 0.25) is 0 Å². The second kappa shape index (κ2) is 3.95. The van der Waals surface area contributed by atoms with E-state index in [9.17, 15) is 0 Å². The van der Waals surface area contributed by atoms with Gasteiger partial charge in [-0.05, 0) is 6.07 Å². The summed E-state index contributed by atoms with van der Waals surface area (Å²) in [7, 11) is 3.95. The summed E-state index contributed by atoms with van der Waals surface area (Å²) in [5.41, 5.74) is 1.04. The van der Waals surface area contributed by atoms with Crippen LogP contribution in [-0.4, -0.2) is 14.8 Å². The number of pyridine rings is 1. The predicted octanol–water partition coefficient (Wildman–Crippen LogP) is 1.60. The number of aryl methyl sites for hydroxylation is 2. The monoisotopic (exact) mass is 231 g/mol. The third-order valence-electron chi connectivity index (χ3n) is 2.72. The van der Waals surface area contributed by atoms with E-state index in [1.807, 2.05) is 37.1 Å². The summed E-state index contributed by atoms with van der Waals surface area (Å²) in [6, 6.07) is 6.07. The lowest BCUT2D eigenvalue weighted by molar-refractivity contribution is -0.660. The Morgan fingerprint density at radius 2 is 1.94 bits per heavy atom. The van der Waals surface area contributed by atoms with Crippen molar-refractivity contribution in [2.24, 2.45) is 14.1 Å². The van der Waals surface area contributed by atoms with E-state index < -0.39 is 0 Å². The van der Waals surface area contributed by atoms with E-state index >= 15 is 0 Å². The molecule has 0 fully saturated rings. The molecule has 0 aliphatic rings. The SMILES string of the molecule is Cn1nc(C(C)(C)C)nc1-c1cccc[n+]1C. The summed E-state index contributed by atoms with van der Waals surface area (Å²) in [4.78, 5) is 4.64. The Morgan fingerprint density at radius 1 is 1.24 bits per heavy atom. The van der Waals surface area contributed by atoms with Crippen LogP contribution in [-0.2, 0) is 19.5 Å². The molecule has 2 aromatic rings. The molecular formula is C13H19N4+. The van der Waals surface area contributed by atoms with E-state index in [0.717, 1.165) is 17.3 Å². The third kappa shape index (κ3) is 2.20. The molecule has 90 valence electrons. The molecule has 2 heterocycles. The standard InChI is InChI=1S/C13H19N4/c1-13(2,3)12-14-11(17(5)15-12)10-8-6-7-9-16(10)4/h6-9H,1-5H3/q+1. The third-order valence-corrected chi connectivity index (χ3v) is 2.72. The van der Waals surface area contributed by atoms with Gasteiger partial charge in [0.05, 0.1) is 0 Å². The second-order valence-electron chi connectivity index (χ2n) is 5.33. The van der Waals surface area contributed by atoms with Crippen molar-refractivity contribution in [2.75, 3.05) is 0 Å². The molecule has 0 atom stereocenters. The van der Waals surface area contributed by atoms with Gasteiger partial charge in [-0.25, -0.2) is 9.67 Å². The maximum absolute atomic E-state index is 4.64. The Morgan fingerprint density at radius 3 is 2.47 bits per heavy atom. The van der Waals surface area contributed by atoms with E-state index in [-0.39, 0.29) is 5.41 Å². The van der Waals surface area contributed by atoms with Gasteiger partial charge in [-0.1, -0.05) is 20.8 Å². The lowest BCUT2D eigenvalue weighted by atomic mass is 9.96. The van der Waals surface area contributed by atoms with Crippen LogP contribution < -0.4 is 4.57 Å². The van der Waals surface area contributed by atoms with Gasteiger partial charge in [0.15, 0.2) is 12.0 Å². The first kappa shape index (κ1) is 11.8. The molecule has 0 amide bonds. The van der Waals surface area contributed by atoms with Crippen molar-refractivity contribution in [3.63, 3.8) is 0 Å². The summed E-state index contributed by atoms with van der Waals surface area (Å²) in [6.45, 7) is 6.37. The van der Waals surface area contributed by atoms with E-state index in [4.69, 9.17) is 0 Å². The zero-order chi connectivity index (χ0) is 12.6. The lowest BCUT2D eigenvalue weighted by Crippen LogP contribution is -2.30. The van der Waals surface area contributed by atoms with Gasteiger partial charge in [0.2, 0.25) is 11.5 Å². The zero-order valence-corrected chi connectivity index (χ0v) is 11.1. The van der Waals surface area contributed by atoms with Gasteiger partial charge < -0.3 is 0 Å². The van der Waals surface area contributed by atoms with E-state index in [0.29, 0.717) is 0 Å². The maximum Gasteiger partial charge on any atom is 0.249 e. The zero-order valence-electron chi connectivity index (χ0n) is 11.1. The Balaban J connectivity index is 2.55. The van der Waals surface area contributed by atoms with Crippen LogP contribution in [0.15, 0.2) is 24.4 Å². The van der Waals surface area contributed by atoms with Gasteiger partial charge in [0.25, 0.3) is 0 Å². The van der Waals surface area contributed by atoms with Crippen molar-refractivity contribution in [2.45, 2.75) is 26.2 Å². The Labute approximate surface area is 102 Å². The van der Waals surface area contributed by atoms with Crippen molar-refractivity contribution in [3.8, 4) is 11.5 Å². The lowest BCUT2D eigenvalue weighted by Gasteiger charge is -2.11. The number of hydrogen-bond donors (Lipinski definition) is 0. The summed E-state index contributed by atoms with van der Waals surface area (Å²) in [5, 5.41) is 4.49. The molecule has 2 aromatic heterocycles. The highest BCUT2D eigenvalue weighted by atomic mass is 15.3. The normalized spacial score (nSPS) is 11.8. The minimum absolute atomic E-state index is 0.0244. The molecule has 17 heavy (non-hydrogen) atoms.